The summed E-state index contributed by atoms with van der Waals surface area (Å²) in [6.45, 7) is 0.791. The highest BCUT2D eigenvalue weighted by atomic mass is 16.3. The number of nitrogens with two attached hydrogens (primary N) is 1. The van der Waals surface area contributed by atoms with Crippen LogP contribution in [0.25, 0.3) is 11.1 Å². The molecule has 3 rings (SSSR count). The Bertz CT molecular complexity index is 832. The van der Waals surface area contributed by atoms with Crippen LogP contribution >= 0.6 is 0 Å². The van der Waals surface area contributed by atoms with Crippen molar-refractivity contribution in [1.29, 1.82) is 0 Å². The summed E-state index contributed by atoms with van der Waals surface area (Å²) in [6, 6.07) is 20.6. The molecule has 3 aromatic rings. The van der Waals surface area contributed by atoms with E-state index in [1.54, 1.807) is 18.2 Å². The molecule has 0 unspecified atom stereocenters. The Morgan fingerprint density at radius 3 is 2.42 bits per heavy atom. The summed E-state index contributed by atoms with van der Waals surface area (Å²) < 4.78 is 0. The largest absolute Gasteiger partial charge is 0.508 e. The van der Waals surface area contributed by atoms with E-state index >= 15 is 0 Å². The van der Waals surface area contributed by atoms with Gasteiger partial charge in [-0.05, 0) is 34.9 Å². The van der Waals surface area contributed by atoms with E-state index in [1.807, 2.05) is 48.5 Å². The normalized spacial score (nSPS) is 10.5. The number of benzene rings is 3. The second-order valence-corrected chi connectivity index (χ2v) is 5.62. The summed E-state index contributed by atoms with van der Waals surface area (Å²) in [7, 11) is 0. The zero-order chi connectivity index (χ0) is 16.9. The van der Waals surface area contributed by atoms with Crippen molar-refractivity contribution in [3.05, 3.63) is 77.9 Å². The van der Waals surface area contributed by atoms with Crippen molar-refractivity contribution in [1.82, 2.24) is 0 Å². The lowest BCUT2D eigenvalue weighted by Gasteiger charge is -2.14. The van der Waals surface area contributed by atoms with Crippen LogP contribution in [0.1, 0.15) is 11.1 Å². The molecular formula is C20H20N2O2. The fourth-order valence-corrected chi connectivity index (χ4v) is 2.73. The van der Waals surface area contributed by atoms with Gasteiger partial charge in [-0.3, -0.25) is 0 Å². The maximum Gasteiger partial charge on any atom is 0.121 e. The first-order chi connectivity index (χ1) is 11.7. The fraction of sp³-hybridized carbons (Fsp3) is 0.100. The Morgan fingerprint density at radius 2 is 1.67 bits per heavy atom. The third kappa shape index (κ3) is 3.50. The van der Waals surface area contributed by atoms with Crippen molar-refractivity contribution in [2.45, 2.75) is 13.1 Å². The molecule has 0 aromatic heterocycles. The van der Waals surface area contributed by atoms with Gasteiger partial charge in [0.2, 0.25) is 0 Å². The van der Waals surface area contributed by atoms with Gasteiger partial charge < -0.3 is 21.3 Å². The quantitative estimate of drug-likeness (QED) is 0.576. The van der Waals surface area contributed by atoms with Crippen LogP contribution in [0.2, 0.25) is 0 Å². The molecular weight excluding hydrogens is 300 g/mol. The zero-order valence-corrected chi connectivity index (χ0v) is 13.2. The Kier molecular flexibility index (Phi) is 4.68. The highest BCUT2D eigenvalue weighted by Crippen LogP contribution is 2.31. The van der Waals surface area contributed by atoms with Gasteiger partial charge in [-0.2, -0.15) is 0 Å². The molecule has 0 aliphatic carbocycles. The molecule has 0 bridgehead atoms. The van der Waals surface area contributed by atoms with Crippen molar-refractivity contribution in [2.24, 2.45) is 5.73 Å². The van der Waals surface area contributed by atoms with Gasteiger partial charge in [0.15, 0.2) is 0 Å². The van der Waals surface area contributed by atoms with Crippen molar-refractivity contribution in [3.63, 3.8) is 0 Å². The molecule has 0 amide bonds. The summed E-state index contributed by atoms with van der Waals surface area (Å²) in [4.78, 5) is 0. The fourth-order valence-electron chi connectivity index (χ4n) is 2.73. The van der Waals surface area contributed by atoms with Gasteiger partial charge in [-0.25, -0.2) is 0 Å². The molecule has 122 valence electrons. The standard InChI is InChI=1S/C20H20N2O2/c21-12-14-9-16(11-17(23)10-14)22-13-19-18(7-4-8-20(19)24)15-5-2-1-3-6-15/h1-11,22-24H,12-13,21H2. The van der Waals surface area contributed by atoms with Gasteiger partial charge >= 0.3 is 0 Å². The van der Waals surface area contributed by atoms with Crippen molar-refractivity contribution < 1.29 is 10.2 Å². The topological polar surface area (TPSA) is 78.5 Å². The molecule has 0 saturated carbocycles. The van der Waals surface area contributed by atoms with Gasteiger partial charge in [0, 0.05) is 30.4 Å². The summed E-state index contributed by atoms with van der Waals surface area (Å²) in [5, 5.41) is 23.3. The number of phenols is 2. The molecule has 0 aliphatic heterocycles. The number of phenolic OH excluding ortho intramolecular Hbond substituents is 2. The van der Waals surface area contributed by atoms with Crippen molar-refractivity contribution in [2.75, 3.05) is 5.32 Å². The molecule has 0 aliphatic rings. The Labute approximate surface area is 141 Å². The summed E-state index contributed by atoms with van der Waals surface area (Å²) in [6.07, 6.45) is 0. The van der Waals surface area contributed by atoms with Gasteiger partial charge in [0.25, 0.3) is 0 Å². The van der Waals surface area contributed by atoms with Gasteiger partial charge in [0.05, 0.1) is 0 Å². The monoisotopic (exact) mass is 320 g/mol. The average Bonchev–Trinajstić information content (AvgIpc) is 2.60. The minimum absolute atomic E-state index is 0.168. The highest BCUT2D eigenvalue weighted by Gasteiger charge is 2.10. The van der Waals surface area contributed by atoms with Crippen LogP contribution in [0.4, 0.5) is 5.69 Å². The molecule has 24 heavy (non-hydrogen) atoms. The van der Waals surface area contributed by atoms with Crippen LogP contribution < -0.4 is 11.1 Å². The predicted molar refractivity (Wildman–Crippen MR) is 96.9 cm³/mol. The number of rotatable bonds is 5. The lowest BCUT2D eigenvalue weighted by atomic mass is 9.98. The maximum atomic E-state index is 10.3. The maximum absolute atomic E-state index is 10.3. The lowest BCUT2D eigenvalue weighted by Crippen LogP contribution is -2.03. The average molecular weight is 320 g/mol. The molecule has 0 radical (unpaired) electrons. The zero-order valence-electron chi connectivity index (χ0n) is 13.2. The number of hydrogen-bond acceptors (Lipinski definition) is 4. The number of hydrogen-bond donors (Lipinski definition) is 4. The van der Waals surface area contributed by atoms with Crippen LogP contribution in [0.3, 0.4) is 0 Å². The van der Waals surface area contributed by atoms with E-state index in [0.29, 0.717) is 13.1 Å². The number of anilines is 1. The molecule has 0 fully saturated rings. The first-order valence-corrected chi connectivity index (χ1v) is 7.80. The first-order valence-electron chi connectivity index (χ1n) is 7.80. The van der Waals surface area contributed by atoms with Crippen molar-refractivity contribution >= 4 is 5.69 Å². The second-order valence-electron chi connectivity index (χ2n) is 5.62. The second kappa shape index (κ2) is 7.06. The van der Waals surface area contributed by atoms with E-state index in [1.165, 1.54) is 0 Å². The molecule has 0 spiro atoms. The number of nitrogens with one attached hydrogen (secondary N) is 1. The Balaban J connectivity index is 1.89. The molecule has 0 heterocycles. The minimum atomic E-state index is 0.168. The predicted octanol–water partition coefficient (Wildman–Crippen LogP) is 3.84. The minimum Gasteiger partial charge on any atom is -0.508 e. The third-order valence-electron chi connectivity index (χ3n) is 3.92. The molecule has 4 heteroatoms. The third-order valence-corrected chi connectivity index (χ3v) is 3.92. The van der Waals surface area contributed by atoms with Crippen LogP contribution in [0, 0.1) is 0 Å². The smallest absolute Gasteiger partial charge is 0.121 e. The highest BCUT2D eigenvalue weighted by molar-refractivity contribution is 5.70. The van der Waals surface area contributed by atoms with Gasteiger partial charge in [-0.15, -0.1) is 0 Å². The first kappa shape index (κ1) is 15.9. The van der Waals surface area contributed by atoms with Crippen LogP contribution in [-0.2, 0) is 13.1 Å². The molecule has 0 atom stereocenters. The van der Waals surface area contributed by atoms with Gasteiger partial charge in [0.1, 0.15) is 11.5 Å². The molecule has 0 saturated heterocycles. The van der Waals surface area contributed by atoms with E-state index in [0.717, 1.165) is 27.9 Å². The SMILES string of the molecule is NCc1cc(O)cc(NCc2c(O)cccc2-c2ccccc2)c1. The summed E-state index contributed by atoms with van der Waals surface area (Å²) in [5.74, 6) is 0.407. The van der Waals surface area contributed by atoms with E-state index in [9.17, 15) is 10.2 Å². The van der Waals surface area contributed by atoms with E-state index < -0.39 is 0 Å². The molecule has 3 aromatic carbocycles. The molecule has 5 N–H and O–H groups in total. The molecule has 4 nitrogen and oxygen atoms in total. The van der Waals surface area contributed by atoms with Gasteiger partial charge in [-0.1, -0.05) is 42.5 Å². The number of aromatic hydroxyl groups is 2. The van der Waals surface area contributed by atoms with Crippen LogP contribution in [0.15, 0.2) is 66.7 Å². The Hall–Kier alpha value is -2.98. The van der Waals surface area contributed by atoms with E-state index in [4.69, 9.17) is 5.73 Å². The van der Waals surface area contributed by atoms with E-state index in [2.05, 4.69) is 5.32 Å². The van der Waals surface area contributed by atoms with Crippen LogP contribution in [-0.4, -0.2) is 10.2 Å². The van der Waals surface area contributed by atoms with Crippen molar-refractivity contribution in [3.8, 4) is 22.6 Å². The van der Waals surface area contributed by atoms with Crippen LogP contribution in [0.5, 0.6) is 11.5 Å². The van der Waals surface area contributed by atoms with E-state index in [-0.39, 0.29) is 11.5 Å². The summed E-state index contributed by atoms with van der Waals surface area (Å²) >= 11 is 0. The lowest BCUT2D eigenvalue weighted by molar-refractivity contribution is 0.469. The summed E-state index contributed by atoms with van der Waals surface area (Å²) in [5.41, 5.74) is 10.1. The Morgan fingerprint density at radius 1 is 0.875 bits per heavy atom.